The van der Waals surface area contributed by atoms with E-state index in [4.69, 9.17) is 14.8 Å². The van der Waals surface area contributed by atoms with Crippen molar-refractivity contribution in [1.82, 2.24) is 0 Å². The predicted molar refractivity (Wildman–Crippen MR) is 49.9 cm³/mol. The van der Waals surface area contributed by atoms with Crippen molar-refractivity contribution < 1.29 is 14.8 Å². The summed E-state index contributed by atoms with van der Waals surface area (Å²) in [7, 11) is 0. The Hall–Kier alpha value is -0.120. The van der Waals surface area contributed by atoms with Gasteiger partial charge in [-0.25, -0.2) is 9.78 Å². The van der Waals surface area contributed by atoms with Crippen molar-refractivity contribution in [2.75, 3.05) is 0 Å². The molecule has 0 aromatic heterocycles. The zero-order chi connectivity index (χ0) is 9.73. The lowest BCUT2D eigenvalue weighted by molar-refractivity contribution is -0.551. The first-order valence-corrected chi connectivity index (χ1v) is 5.09. The second-order valence-electron chi connectivity index (χ2n) is 4.62. The topological polar surface area (TPSA) is 27.7 Å². The lowest BCUT2D eigenvalue weighted by atomic mass is 9.98. The second-order valence-corrected chi connectivity index (χ2v) is 4.62. The van der Waals surface area contributed by atoms with Gasteiger partial charge in [-0.15, -0.1) is 0 Å². The van der Waals surface area contributed by atoms with Gasteiger partial charge in [0.25, 0.3) is 0 Å². The van der Waals surface area contributed by atoms with Crippen LogP contribution in [0.5, 0.6) is 0 Å². The summed E-state index contributed by atoms with van der Waals surface area (Å²) < 4.78 is 0. The summed E-state index contributed by atoms with van der Waals surface area (Å²) in [6.45, 7) is 5.78. The minimum atomic E-state index is -0.297. The maximum absolute atomic E-state index is 5.14. The quantitative estimate of drug-likeness (QED) is 0.503. The third-order valence-corrected chi connectivity index (χ3v) is 2.01. The van der Waals surface area contributed by atoms with Gasteiger partial charge in [-0.1, -0.05) is 24.3 Å². The highest BCUT2D eigenvalue weighted by Gasteiger charge is 2.17. The fourth-order valence-corrected chi connectivity index (χ4v) is 1.34. The van der Waals surface area contributed by atoms with E-state index >= 15 is 0 Å². The molecule has 0 bridgehead atoms. The van der Waals surface area contributed by atoms with E-state index in [2.05, 4.69) is 0 Å². The van der Waals surface area contributed by atoms with Gasteiger partial charge in [0.05, 0.1) is 11.7 Å². The van der Waals surface area contributed by atoms with E-state index in [1.54, 1.807) is 0 Å². The van der Waals surface area contributed by atoms with Gasteiger partial charge in [-0.05, 0) is 33.6 Å². The Kier molecular flexibility index (Phi) is 4.16. The average molecular weight is 188 g/mol. The lowest BCUT2D eigenvalue weighted by Gasteiger charge is -2.22. The van der Waals surface area contributed by atoms with Crippen LogP contribution in [0.4, 0.5) is 0 Å². The Bertz CT molecular complexity index is 134. The van der Waals surface area contributed by atoms with Crippen molar-refractivity contribution >= 4 is 0 Å². The third kappa shape index (κ3) is 5.24. The molecule has 0 aromatic rings. The Morgan fingerprint density at radius 3 is 2.15 bits per heavy atom. The number of rotatable bonds is 3. The molecule has 13 heavy (non-hydrogen) atoms. The molecule has 0 radical (unpaired) electrons. The molecular weight excluding hydrogens is 168 g/mol. The first-order chi connectivity index (χ1) is 6.08. The molecule has 78 valence electrons. The highest BCUT2D eigenvalue weighted by atomic mass is 17.5. The van der Waals surface area contributed by atoms with Crippen LogP contribution in [0.2, 0.25) is 0 Å². The molecule has 0 spiro atoms. The summed E-state index contributed by atoms with van der Waals surface area (Å²) in [5.41, 5.74) is -0.297. The van der Waals surface area contributed by atoms with Gasteiger partial charge in [0.1, 0.15) is 0 Å². The van der Waals surface area contributed by atoms with E-state index in [1.807, 2.05) is 20.8 Å². The van der Waals surface area contributed by atoms with Crippen LogP contribution in [0.25, 0.3) is 0 Å². The Morgan fingerprint density at radius 1 is 1.00 bits per heavy atom. The first kappa shape index (κ1) is 11.0. The van der Waals surface area contributed by atoms with Crippen LogP contribution in [0.1, 0.15) is 52.9 Å². The summed E-state index contributed by atoms with van der Waals surface area (Å²) in [5, 5.41) is 4.74. The fourth-order valence-electron chi connectivity index (χ4n) is 1.34. The van der Waals surface area contributed by atoms with Gasteiger partial charge in [0, 0.05) is 0 Å². The van der Waals surface area contributed by atoms with Crippen LogP contribution in [-0.2, 0) is 14.8 Å². The largest absolute Gasteiger partial charge is 0.203 e. The van der Waals surface area contributed by atoms with E-state index in [9.17, 15) is 0 Å². The SMILES string of the molecule is CC(C)(C)OOOC1CCCCC1. The van der Waals surface area contributed by atoms with Gasteiger partial charge in [0.15, 0.2) is 0 Å². The van der Waals surface area contributed by atoms with Gasteiger partial charge in [0.2, 0.25) is 0 Å². The van der Waals surface area contributed by atoms with Crippen LogP contribution in [0.15, 0.2) is 0 Å². The molecule has 1 aliphatic carbocycles. The highest BCUT2D eigenvalue weighted by Crippen LogP contribution is 2.21. The van der Waals surface area contributed by atoms with E-state index in [1.165, 1.54) is 19.3 Å². The number of hydrogen-bond donors (Lipinski definition) is 0. The zero-order valence-electron chi connectivity index (χ0n) is 8.84. The zero-order valence-corrected chi connectivity index (χ0v) is 8.84. The molecule has 3 heteroatoms. The summed E-state index contributed by atoms with van der Waals surface area (Å²) in [4.78, 5) is 10.1. The molecule has 0 saturated heterocycles. The second kappa shape index (κ2) is 4.94. The van der Waals surface area contributed by atoms with Crippen LogP contribution < -0.4 is 0 Å². The van der Waals surface area contributed by atoms with E-state index < -0.39 is 0 Å². The van der Waals surface area contributed by atoms with Crippen LogP contribution in [0, 0.1) is 0 Å². The molecule has 0 unspecified atom stereocenters. The minimum Gasteiger partial charge on any atom is -0.203 e. The maximum atomic E-state index is 5.14. The lowest BCUT2D eigenvalue weighted by Crippen LogP contribution is -2.23. The highest BCUT2D eigenvalue weighted by molar-refractivity contribution is 4.63. The molecule has 1 saturated carbocycles. The van der Waals surface area contributed by atoms with Crippen molar-refractivity contribution in [2.45, 2.75) is 64.6 Å². The van der Waals surface area contributed by atoms with Crippen molar-refractivity contribution in [3.8, 4) is 0 Å². The first-order valence-electron chi connectivity index (χ1n) is 5.09. The van der Waals surface area contributed by atoms with Crippen molar-refractivity contribution in [1.29, 1.82) is 0 Å². The number of hydrogen-bond acceptors (Lipinski definition) is 3. The molecule has 0 N–H and O–H groups in total. The molecule has 1 aliphatic rings. The van der Waals surface area contributed by atoms with Gasteiger partial charge in [-0.2, -0.15) is 0 Å². The van der Waals surface area contributed by atoms with Crippen LogP contribution in [-0.4, -0.2) is 11.7 Å². The smallest absolute Gasteiger partial charge is 0.0983 e. The molecule has 1 rings (SSSR count). The molecule has 0 amide bonds. The Balaban J connectivity index is 2.04. The van der Waals surface area contributed by atoms with Crippen molar-refractivity contribution in [3.05, 3.63) is 0 Å². The fraction of sp³-hybridized carbons (Fsp3) is 1.00. The monoisotopic (exact) mass is 188 g/mol. The summed E-state index contributed by atoms with van der Waals surface area (Å²) >= 11 is 0. The van der Waals surface area contributed by atoms with E-state index in [-0.39, 0.29) is 11.7 Å². The van der Waals surface area contributed by atoms with E-state index in [0.29, 0.717) is 0 Å². The standard InChI is InChI=1S/C10H20O3/c1-10(2,3)12-13-11-9-7-5-4-6-8-9/h9H,4-8H2,1-3H3. The Morgan fingerprint density at radius 2 is 1.62 bits per heavy atom. The third-order valence-electron chi connectivity index (χ3n) is 2.01. The molecule has 0 aliphatic heterocycles. The minimum absolute atomic E-state index is 0.232. The normalized spacial score (nSPS) is 20.5. The molecular formula is C10H20O3. The molecule has 1 fully saturated rings. The Labute approximate surface area is 80.2 Å². The van der Waals surface area contributed by atoms with Crippen LogP contribution >= 0.6 is 0 Å². The van der Waals surface area contributed by atoms with Gasteiger partial charge in [-0.3, -0.25) is 0 Å². The molecule has 0 aromatic carbocycles. The van der Waals surface area contributed by atoms with Crippen LogP contribution in [0.3, 0.4) is 0 Å². The van der Waals surface area contributed by atoms with Gasteiger partial charge < -0.3 is 0 Å². The molecule has 0 atom stereocenters. The van der Waals surface area contributed by atoms with Crippen molar-refractivity contribution in [3.63, 3.8) is 0 Å². The van der Waals surface area contributed by atoms with Crippen molar-refractivity contribution in [2.24, 2.45) is 0 Å². The summed E-state index contributed by atoms with van der Waals surface area (Å²) in [5.74, 6) is 0. The van der Waals surface area contributed by atoms with E-state index in [0.717, 1.165) is 12.8 Å². The molecule has 0 heterocycles. The van der Waals surface area contributed by atoms with Gasteiger partial charge >= 0.3 is 0 Å². The summed E-state index contributed by atoms with van der Waals surface area (Å²) in [6, 6.07) is 0. The summed E-state index contributed by atoms with van der Waals surface area (Å²) in [6.07, 6.45) is 6.21. The maximum Gasteiger partial charge on any atom is 0.0983 e. The molecule has 3 nitrogen and oxygen atoms in total. The predicted octanol–water partition coefficient (Wildman–Crippen LogP) is 3.00. The average Bonchev–Trinajstić information content (AvgIpc) is 2.04.